The highest BCUT2D eigenvalue weighted by Crippen LogP contribution is 2.32. The topological polar surface area (TPSA) is 21.1 Å². The molecular formula is C17H15F2N3. The first-order valence-electron chi connectivity index (χ1n) is 7.25. The van der Waals surface area contributed by atoms with Crippen LogP contribution in [-0.2, 0) is 20.0 Å². The van der Waals surface area contributed by atoms with E-state index < -0.39 is 0 Å². The summed E-state index contributed by atoms with van der Waals surface area (Å²) >= 11 is 0. The first-order chi connectivity index (χ1) is 10.6. The van der Waals surface area contributed by atoms with Crippen LogP contribution in [0.4, 0.5) is 14.6 Å². The van der Waals surface area contributed by atoms with E-state index in [9.17, 15) is 8.78 Å². The molecule has 0 fully saturated rings. The molecule has 112 valence electrons. The van der Waals surface area contributed by atoms with Crippen molar-refractivity contribution >= 4 is 16.7 Å². The summed E-state index contributed by atoms with van der Waals surface area (Å²) in [7, 11) is 2.02. The number of aromatic nitrogens is 2. The Morgan fingerprint density at radius 1 is 1.09 bits per heavy atom. The molecule has 0 atom stereocenters. The van der Waals surface area contributed by atoms with Gasteiger partial charge in [0, 0.05) is 48.7 Å². The van der Waals surface area contributed by atoms with Gasteiger partial charge in [-0.05, 0) is 30.3 Å². The maximum absolute atomic E-state index is 13.6. The molecular weight excluding hydrogens is 284 g/mol. The van der Waals surface area contributed by atoms with Crippen LogP contribution in [0.15, 0.2) is 36.5 Å². The molecule has 5 heteroatoms. The summed E-state index contributed by atoms with van der Waals surface area (Å²) < 4.78 is 28.8. The minimum atomic E-state index is -0.339. The summed E-state index contributed by atoms with van der Waals surface area (Å²) in [6.07, 6.45) is 2.09. The first-order valence-corrected chi connectivity index (χ1v) is 7.25. The monoisotopic (exact) mass is 299 g/mol. The van der Waals surface area contributed by atoms with Crippen LogP contribution in [0.2, 0.25) is 0 Å². The maximum atomic E-state index is 13.6. The number of benzene rings is 1. The van der Waals surface area contributed by atoms with E-state index >= 15 is 0 Å². The number of rotatable bonds is 1. The number of aryl methyl sites for hydroxylation is 1. The average Bonchev–Trinajstić information content (AvgIpc) is 2.80. The normalized spacial score (nSPS) is 14.4. The highest BCUT2D eigenvalue weighted by Gasteiger charge is 2.23. The third kappa shape index (κ3) is 1.96. The molecule has 0 saturated carbocycles. The summed E-state index contributed by atoms with van der Waals surface area (Å²) in [5.41, 5.74) is 3.41. The lowest BCUT2D eigenvalue weighted by atomic mass is 10.0. The smallest absolute Gasteiger partial charge is 0.141 e. The predicted octanol–water partition coefficient (Wildman–Crippen LogP) is 3.41. The molecule has 1 aliphatic rings. The van der Waals surface area contributed by atoms with Gasteiger partial charge in [0.05, 0.1) is 6.20 Å². The van der Waals surface area contributed by atoms with Gasteiger partial charge in [-0.3, -0.25) is 0 Å². The number of halogens is 2. The van der Waals surface area contributed by atoms with Gasteiger partial charge in [-0.25, -0.2) is 13.8 Å². The molecule has 3 heterocycles. The van der Waals surface area contributed by atoms with Gasteiger partial charge in [0.15, 0.2) is 0 Å². The van der Waals surface area contributed by atoms with E-state index in [1.807, 2.05) is 13.1 Å². The van der Waals surface area contributed by atoms with E-state index in [1.54, 1.807) is 12.1 Å². The number of anilines is 1. The Hall–Kier alpha value is -2.43. The third-order valence-corrected chi connectivity index (χ3v) is 4.40. The summed E-state index contributed by atoms with van der Waals surface area (Å²) in [6.45, 7) is 1.48. The Bertz CT molecular complexity index is 852. The van der Waals surface area contributed by atoms with Crippen LogP contribution in [-0.4, -0.2) is 16.1 Å². The number of hydrogen-bond donors (Lipinski definition) is 0. The lowest BCUT2D eigenvalue weighted by Crippen LogP contribution is -2.31. The number of fused-ring (bicyclic) bond motifs is 3. The van der Waals surface area contributed by atoms with Crippen molar-refractivity contribution in [2.45, 2.75) is 13.0 Å². The molecule has 0 radical (unpaired) electrons. The van der Waals surface area contributed by atoms with Crippen molar-refractivity contribution in [3.63, 3.8) is 0 Å². The average molecular weight is 299 g/mol. The molecule has 22 heavy (non-hydrogen) atoms. The molecule has 2 aromatic heterocycles. The van der Waals surface area contributed by atoms with Crippen molar-refractivity contribution in [3.8, 4) is 0 Å². The minimum absolute atomic E-state index is 0.224. The summed E-state index contributed by atoms with van der Waals surface area (Å²) in [4.78, 5) is 6.25. The Balaban J connectivity index is 1.79. The highest BCUT2D eigenvalue weighted by atomic mass is 19.1. The second kappa shape index (κ2) is 4.80. The van der Waals surface area contributed by atoms with Gasteiger partial charge in [-0.1, -0.05) is 0 Å². The zero-order valence-electron chi connectivity index (χ0n) is 12.2. The van der Waals surface area contributed by atoms with Crippen molar-refractivity contribution in [1.29, 1.82) is 0 Å². The molecule has 0 spiro atoms. The Kier molecular flexibility index (Phi) is 2.89. The summed E-state index contributed by atoms with van der Waals surface area (Å²) in [5, 5.41) is 0.948. The van der Waals surface area contributed by atoms with E-state index in [0.29, 0.717) is 6.54 Å². The second-order valence-electron chi connectivity index (χ2n) is 5.65. The molecule has 0 aliphatic carbocycles. The number of nitrogens with zero attached hydrogens (tertiary/aromatic N) is 3. The molecule has 3 aromatic rings. The first kappa shape index (κ1) is 13.2. The van der Waals surface area contributed by atoms with E-state index in [1.165, 1.54) is 24.0 Å². The molecule has 0 bridgehead atoms. The molecule has 1 aromatic carbocycles. The number of pyridine rings is 1. The van der Waals surface area contributed by atoms with Gasteiger partial charge in [0.2, 0.25) is 0 Å². The highest BCUT2D eigenvalue weighted by molar-refractivity contribution is 5.86. The van der Waals surface area contributed by atoms with Crippen LogP contribution in [0.3, 0.4) is 0 Å². The Morgan fingerprint density at radius 3 is 2.68 bits per heavy atom. The van der Waals surface area contributed by atoms with E-state index in [0.717, 1.165) is 35.2 Å². The van der Waals surface area contributed by atoms with Crippen LogP contribution in [0.1, 0.15) is 11.3 Å². The van der Waals surface area contributed by atoms with Gasteiger partial charge in [-0.2, -0.15) is 0 Å². The van der Waals surface area contributed by atoms with Crippen molar-refractivity contribution in [1.82, 2.24) is 9.55 Å². The quantitative estimate of drug-likeness (QED) is 0.686. The molecule has 1 aliphatic heterocycles. The van der Waals surface area contributed by atoms with Crippen LogP contribution in [0.5, 0.6) is 0 Å². The van der Waals surface area contributed by atoms with Crippen molar-refractivity contribution in [2.24, 2.45) is 7.05 Å². The van der Waals surface area contributed by atoms with Crippen LogP contribution in [0, 0.1) is 11.6 Å². The van der Waals surface area contributed by atoms with Crippen LogP contribution >= 0.6 is 0 Å². The number of hydrogen-bond acceptors (Lipinski definition) is 2. The minimum Gasteiger partial charge on any atom is -0.352 e. The SMILES string of the molecule is Cn1c2c(c3cc(F)ccc31)CN(c1ccc(F)cn1)CC2. The van der Waals surface area contributed by atoms with Crippen molar-refractivity contribution in [2.75, 3.05) is 11.4 Å². The Labute approximate surface area is 126 Å². The fraction of sp³-hybridized carbons (Fsp3) is 0.235. The van der Waals surface area contributed by atoms with Crippen molar-refractivity contribution < 1.29 is 8.78 Å². The predicted molar refractivity (Wildman–Crippen MR) is 81.8 cm³/mol. The lowest BCUT2D eigenvalue weighted by molar-refractivity contribution is 0.618. The standard InChI is InChI=1S/C17H15F2N3/c1-21-15-4-2-11(18)8-13(15)14-10-22(7-6-16(14)21)17-5-3-12(19)9-20-17/h2-5,8-9H,6-7,10H2,1H3. The van der Waals surface area contributed by atoms with Gasteiger partial charge in [0.25, 0.3) is 0 Å². The summed E-state index contributed by atoms with van der Waals surface area (Å²) in [5.74, 6) is 0.187. The summed E-state index contributed by atoms with van der Waals surface area (Å²) in [6, 6.07) is 8.01. The fourth-order valence-electron chi connectivity index (χ4n) is 3.30. The molecule has 0 unspecified atom stereocenters. The molecule has 3 nitrogen and oxygen atoms in total. The van der Waals surface area contributed by atoms with Crippen LogP contribution < -0.4 is 4.90 Å². The molecule has 0 N–H and O–H groups in total. The third-order valence-electron chi connectivity index (χ3n) is 4.40. The van der Waals surface area contributed by atoms with E-state index in [2.05, 4.69) is 14.5 Å². The fourth-order valence-corrected chi connectivity index (χ4v) is 3.30. The van der Waals surface area contributed by atoms with Crippen molar-refractivity contribution in [3.05, 3.63) is 59.4 Å². The molecule has 4 rings (SSSR count). The second-order valence-corrected chi connectivity index (χ2v) is 5.65. The van der Waals surface area contributed by atoms with Gasteiger partial charge >= 0.3 is 0 Å². The lowest BCUT2D eigenvalue weighted by Gasteiger charge is -2.28. The van der Waals surface area contributed by atoms with Gasteiger partial charge in [-0.15, -0.1) is 0 Å². The largest absolute Gasteiger partial charge is 0.352 e. The van der Waals surface area contributed by atoms with Gasteiger partial charge < -0.3 is 9.47 Å². The van der Waals surface area contributed by atoms with E-state index in [-0.39, 0.29) is 11.6 Å². The maximum Gasteiger partial charge on any atom is 0.141 e. The zero-order valence-corrected chi connectivity index (χ0v) is 12.2. The Morgan fingerprint density at radius 2 is 1.91 bits per heavy atom. The molecule has 0 saturated heterocycles. The van der Waals surface area contributed by atoms with Crippen LogP contribution in [0.25, 0.3) is 10.9 Å². The molecule has 0 amide bonds. The van der Waals surface area contributed by atoms with E-state index in [4.69, 9.17) is 0 Å². The zero-order chi connectivity index (χ0) is 15.3. The van der Waals surface area contributed by atoms with Gasteiger partial charge in [0.1, 0.15) is 17.5 Å².